The predicted octanol–water partition coefficient (Wildman–Crippen LogP) is 1.31. The number of hydrogen-bond acceptors (Lipinski definition) is 2. The number of carbonyl (C=O) groups excluding carboxylic acids is 1. The molecule has 0 radical (unpaired) electrons. The normalized spacial score (nSPS) is 9.77. The molecule has 3 nitrogen and oxygen atoms in total. The average molecular weight is 178 g/mol. The fourth-order valence-electron chi connectivity index (χ4n) is 1.21. The van der Waals surface area contributed by atoms with Crippen LogP contribution in [-0.4, -0.2) is 17.9 Å². The third kappa shape index (κ3) is 2.05. The number of aryl methyl sites for hydroxylation is 2. The van der Waals surface area contributed by atoms with Crippen molar-refractivity contribution in [2.24, 2.45) is 0 Å². The van der Waals surface area contributed by atoms with Crippen molar-refractivity contribution in [3.05, 3.63) is 29.1 Å². The Kier molecular flexibility index (Phi) is 3.01. The molecule has 1 N–H and O–H groups in total. The Bertz CT molecular complexity index is 321. The Morgan fingerprint density at radius 2 is 2.31 bits per heavy atom. The van der Waals surface area contributed by atoms with Gasteiger partial charge in [-0.15, -0.1) is 0 Å². The molecule has 0 saturated carbocycles. The first-order valence-corrected chi connectivity index (χ1v) is 4.36. The third-order valence-corrected chi connectivity index (χ3v) is 2.06. The van der Waals surface area contributed by atoms with Gasteiger partial charge in [-0.25, -0.2) is 0 Å². The van der Waals surface area contributed by atoms with E-state index >= 15 is 0 Å². The van der Waals surface area contributed by atoms with Crippen LogP contribution in [0.15, 0.2) is 12.3 Å². The van der Waals surface area contributed by atoms with Gasteiger partial charge < -0.3 is 5.32 Å². The molecule has 1 amide bonds. The lowest BCUT2D eigenvalue weighted by Gasteiger charge is -2.04. The molecule has 0 spiro atoms. The van der Waals surface area contributed by atoms with Crippen LogP contribution in [0.1, 0.15) is 28.5 Å². The number of carbonyl (C=O) groups is 1. The Hall–Kier alpha value is -1.38. The Morgan fingerprint density at radius 3 is 2.85 bits per heavy atom. The highest BCUT2D eigenvalue weighted by atomic mass is 16.1. The summed E-state index contributed by atoms with van der Waals surface area (Å²) in [6.07, 6.45) is 2.51. The van der Waals surface area contributed by atoms with Gasteiger partial charge in [0.05, 0.1) is 5.56 Å². The Morgan fingerprint density at radius 1 is 1.62 bits per heavy atom. The van der Waals surface area contributed by atoms with E-state index in [1.165, 1.54) is 0 Å². The zero-order chi connectivity index (χ0) is 9.84. The second kappa shape index (κ2) is 4.03. The highest BCUT2D eigenvalue weighted by Gasteiger charge is 2.05. The van der Waals surface area contributed by atoms with Crippen LogP contribution in [0.25, 0.3) is 0 Å². The van der Waals surface area contributed by atoms with Gasteiger partial charge in [-0.05, 0) is 25.0 Å². The minimum atomic E-state index is -0.0813. The maximum absolute atomic E-state index is 11.2. The monoisotopic (exact) mass is 178 g/mol. The minimum Gasteiger partial charge on any atom is -0.355 e. The second-order valence-electron chi connectivity index (χ2n) is 2.90. The lowest BCUT2D eigenvalue weighted by molar-refractivity contribution is 0.0962. The molecule has 1 aromatic rings. The van der Waals surface area contributed by atoms with Crippen LogP contribution in [0.4, 0.5) is 0 Å². The van der Waals surface area contributed by atoms with Crippen molar-refractivity contribution in [3.63, 3.8) is 0 Å². The van der Waals surface area contributed by atoms with Crippen LogP contribution in [0.5, 0.6) is 0 Å². The van der Waals surface area contributed by atoms with Crippen molar-refractivity contribution in [2.45, 2.75) is 20.3 Å². The molecule has 0 atom stereocenters. The Balaban J connectivity index is 3.06. The largest absolute Gasteiger partial charge is 0.355 e. The number of nitrogens with one attached hydrogen (secondary N) is 1. The van der Waals surface area contributed by atoms with Gasteiger partial charge in [-0.1, -0.05) is 6.92 Å². The molecule has 0 saturated heterocycles. The molecule has 0 aliphatic rings. The fourth-order valence-corrected chi connectivity index (χ4v) is 1.21. The minimum absolute atomic E-state index is 0.0813. The van der Waals surface area contributed by atoms with Crippen LogP contribution in [0, 0.1) is 6.92 Å². The van der Waals surface area contributed by atoms with E-state index in [1.54, 1.807) is 13.2 Å². The van der Waals surface area contributed by atoms with E-state index in [1.807, 2.05) is 13.0 Å². The third-order valence-electron chi connectivity index (χ3n) is 2.06. The van der Waals surface area contributed by atoms with Crippen molar-refractivity contribution < 1.29 is 4.79 Å². The lowest BCUT2D eigenvalue weighted by atomic mass is 10.1. The lowest BCUT2D eigenvalue weighted by Crippen LogP contribution is -2.18. The topological polar surface area (TPSA) is 42.0 Å². The van der Waals surface area contributed by atoms with E-state index in [-0.39, 0.29) is 5.91 Å². The van der Waals surface area contributed by atoms with E-state index in [0.717, 1.165) is 17.7 Å². The van der Waals surface area contributed by atoms with E-state index in [4.69, 9.17) is 0 Å². The average Bonchev–Trinajstić information content (AvgIpc) is 2.17. The molecular weight excluding hydrogens is 164 g/mol. The maximum Gasteiger partial charge on any atom is 0.252 e. The molecule has 1 rings (SSSR count). The van der Waals surface area contributed by atoms with Gasteiger partial charge in [0.1, 0.15) is 0 Å². The summed E-state index contributed by atoms with van der Waals surface area (Å²) in [5.74, 6) is -0.0813. The van der Waals surface area contributed by atoms with Crippen LogP contribution in [0.2, 0.25) is 0 Å². The molecule has 70 valence electrons. The predicted molar refractivity (Wildman–Crippen MR) is 51.7 cm³/mol. The molecule has 0 aliphatic carbocycles. The van der Waals surface area contributed by atoms with Crippen molar-refractivity contribution in [1.82, 2.24) is 10.3 Å². The molecule has 1 aromatic heterocycles. The summed E-state index contributed by atoms with van der Waals surface area (Å²) in [5.41, 5.74) is 2.75. The first-order chi connectivity index (χ1) is 6.19. The molecule has 3 heteroatoms. The van der Waals surface area contributed by atoms with E-state index in [9.17, 15) is 4.79 Å². The summed E-state index contributed by atoms with van der Waals surface area (Å²) >= 11 is 0. The number of amides is 1. The molecular formula is C10H14N2O. The van der Waals surface area contributed by atoms with Gasteiger partial charge in [0.25, 0.3) is 5.91 Å². The molecule has 1 heterocycles. The maximum atomic E-state index is 11.2. The highest BCUT2D eigenvalue weighted by Crippen LogP contribution is 2.08. The zero-order valence-corrected chi connectivity index (χ0v) is 8.22. The molecule has 0 aliphatic heterocycles. The van der Waals surface area contributed by atoms with Crippen LogP contribution >= 0.6 is 0 Å². The summed E-state index contributed by atoms with van der Waals surface area (Å²) in [5, 5.41) is 2.57. The van der Waals surface area contributed by atoms with Crippen LogP contribution in [0.3, 0.4) is 0 Å². The van der Waals surface area contributed by atoms with E-state index in [2.05, 4.69) is 17.2 Å². The smallest absolute Gasteiger partial charge is 0.252 e. The highest BCUT2D eigenvalue weighted by molar-refractivity contribution is 5.93. The zero-order valence-electron chi connectivity index (χ0n) is 8.22. The van der Waals surface area contributed by atoms with Gasteiger partial charge in [0, 0.05) is 18.9 Å². The number of nitrogens with zero attached hydrogens (tertiary/aromatic N) is 1. The summed E-state index contributed by atoms with van der Waals surface area (Å²) < 4.78 is 0. The fraction of sp³-hybridized carbons (Fsp3) is 0.400. The van der Waals surface area contributed by atoms with Gasteiger partial charge in [-0.2, -0.15) is 0 Å². The molecule has 13 heavy (non-hydrogen) atoms. The summed E-state index contributed by atoms with van der Waals surface area (Å²) in [7, 11) is 1.62. The molecule has 0 fully saturated rings. The number of aromatic nitrogens is 1. The van der Waals surface area contributed by atoms with Crippen LogP contribution in [-0.2, 0) is 6.42 Å². The molecule has 0 unspecified atom stereocenters. The number of rotatable bonds is 2. The second-order valence-corrected chi connectivity index (χ2v) is 2.90. The van der Waals surface area contributed by atoms with Crippen molar-refractivity contribution in [2.75, 3.05) is 7.05 Å². The number of pyridine rings is 1. The summed E-state index contributed by atoms with van der Waals surface area (Å²) in [6, 6.07) is 1.89. The van der Waals surface area contributed by atoms with Gasteiger partial charge in [0.2, 0.25) is 0 Å². The van der Waals surface area contributed by atoms with Crippen molar-refractivity contribution in [1.29, 1.82) is 0 Å². The summed E-state index contributed by atoms with van der Waals surface area (Å²) in [4.78, 5) is 15.4. The SMILES string of the molecule is CCc1cc(C(=O)NC)cnc1C. The van der Waals surface area contributed by atoms with Crippen molar-refractivity contribution >= 4 is 5.91 Å². The van der Waals surface area contributed by atoms with E-state index < -0.39 is 0 Å². The first kappa shape index (κ1) is 9.71. The molecule has 0 bridgehead atoms. The summed E-state index contributed by atoms with van der Waals surface area (Å²) in [6.45, 7) is 4.00. The van der Waals surface area contributed by atoms with Crippen molar-refractivity contribution in [3.8, 4) is 0 Å². The van der Waals surface area contributed by atoms with Gasteiger partial charge in [-0.3, -0.25) is 9.78 Å². The Labute approximate surface area is 78.2 Å². The number of hydrogen-bond donors (Lipinski definition) is 1. The van der Waals surface area contributed by atoms with Gasteiger partial charge in [0.15, 0.2) is 0 Å². The molecule has 0 aromatic carbocycles. The van der Waals surface area contributed by atoms with E-state index in [0.29, 0.717) is 5.56 Å². The van der Waals surface area contributed by atoms with Crippen LogP contribution < -0.4 is 5.32 Å². The standard InChI is InChI=1S/C10H14N2O/c1-4-8-5-9(10(13)11-3)6-12-7(8)2/h5-6H,4H2,1-3H3,(H,11,13). The first-order valence-electron chi connectivity index (χ1n) is 4.36. The quantitative estimate of drug-likeness (QED) is 0.742. The van der Waals surface area contributed by atoms with Gasteiger partial charge >= 0.3 is 0 Å².